The lowest BCUT2D eigenvalue weighted by atomic mass is 9.95. The van der Waals surface area contributed by atoms with Gasteiger partial charge >= 0.3 is 0 Å². The number of allylic oxidation sites excluding steroid dienone is 2. The molecule has 4 aromatic carbocycles. The summed E-state index contributed by atoms with van der Waals surface area (Å²) in [5, 5.41) is 0. The maximum absolute atomic E-state index is 4.36. The fraction of sp³-hybridized carbons (Fsp3) is 0.0667. The van der Waals surface area contributed by atoms with E-state index in [2.05, 4.69) is 110 Å². The number of rotatable bonds is 5. The summed E-state index contributed by atoms with van der Waals surface area (Å²) in [6.45, 7) is 4.36. The summed E-state index contributed by atoms with van der Waals surface area (Å²) < 4.78 is 0. The van der Waals surface area contributed by atoms with Gasteiger partial charge in [0.2, 0.25) is 0 Å². The van der Waals surface area contributed by atoms with E-state index in [1.807, 2.05) is 6.07 Å². The summed E-state index contributed by atoms with van der Waals surface area (Å²) in [6.07, 6.45) is 4.22. The van der Waals surface area contributed by atoms with Gasteiger partial charge in [0.15, 0.2) is 0 Å². The maximum atomic E-state index is 4.36. The highest BCUT2D eigenvalue weighted by Crippen LogP contribution is 2.33. The fourth-order valence-corrected chi connectivity index (χ4v) is 4.21. The molecule has 0 spiro atoms. The molecule has 0 unspecified atom stereocenters. The summed E-state index contributed by atoms with van der Waals surface area (Å²) in [7, 11) is 0. The molecule has 0 fully saturated rings. The van der Waals surface area contributed by atoms with Gasteiger partial charge in [-0.25, -0.2) is 0 Å². The van der Waals surface area contributed by atoms with E-state index in [1.165, 1.54) is 44.5 Å². The number of fused-ring (bicyclic) bond motifs is 1. The van der Waals surface area contributed by atoms with Gasteiger partial charge in [0.25, 0.3) is 0 Å². The summed E-state index contributed by atoms with van der Waals surface area (Å²) in [4.78, 5) is 0. The van der Waals surface area contributed by atoms with Crippen LogP contribution in [0.15, 0.2) is 110 Å². The molecule has 0 radical (unpaired) electrons. The Morgan fingerprint density at radius 3 is 2.00 bits per heavy atom. The standard InChI is InChI=1S/C30H24/c1-22(24-14-16-27(17-15-24)25-8-4-2-5-9-25)18-23-12-13-28-20-30(21-29(28)19-23)26-10-6-3-7-11-26/h2-17,19,21H,1,18,20H2. The molecule has 1 aliphatic rings. The highest BCUT2D eigenvalue weighted by atomic mass is 14.2. The predicted octanol–water partition coefficient (Wildman–Crippen LogP) is 7.71. The number of benzene rings is 4. The topological polar surface area (TPSA) is 0 Å². The molecular formula is C30H24. The van der Waals surface area contributed by atoms with Gasteiger partial charge in [-0.15, -0.1) is 0 Å². The molecule has 0 saturated carbocycles. The summed E-state index contributed by atoms with van der Waals surface area (Å²) >= 11 is 0. The zero-order chi connectivity index (χ0) is 20.3. The van der Waals surface area contributed by atoms with Crippen LogP contribution in [0.4, 0.5) is 0 Å². The van der Waals surface area contributed by atoms with Crippen LogP contribution < -0.4 is 0 Å². The highest BCUT2D eigenvalue weighted by Gasteiger charge is 2.14. The molecule has 0 atom stereocenters. The van der Waals surface area contributed by atoms with E-state index in [4.69, 9.17) is 0 Å². The molecule has 5 rings (SSSR count). The molecule has 0 heteroatoms. The zero-order valence-corrected chi connectivity index (χ0v) is 17.0. The van der Waals surface area contributed by atoms with Crippen LogP contribution in [0, 0.1) is 0 Å². The minimum Gasteiger partial charge on any atom is -0.0949 e. The van der Waals surface area contributed by atoms with Gasteiger partial charge in [0, 0.05) is 0 Å². The van der Waals surface area contributed by atoms with E-state index in [-0.39, 0.29) is 0 Å². The maximum Gasteiger partial charge on any atom is -0.00137 e. The molecule has 1 aliphatic carbocycles. The Morgan fingerprint density at radius 1 is 0.667 bits per heavy atom. The lowest BCUT2D eigenvalue weighted by molar-refractivity contribution is 1.24. The van der Waals surface area contributed by atoms with Crippen LogP contribution in [0.3, 0.4) is 0 Å². The van der Waals surface area contributed by atoms with Crippen molar-refractivity contribution in [1.82, 2.24) is 0 Å². The average Bonchev–Trinajstić information content (AvgIpc) is 3.24. The first kappa shape index (κ1) is 18.4. The second kappa shape index (κ2) is 8.00. The van der Waals surface area contributed by atoms with Crippen molar-refractivity contribution in [1.29, 1.82) is 0 Å². The van der Waals surface area contributed by atoms with E-state index in [0.29, 0.717) is 0 Å². The summed E-state index contributed by atoms with van der Waals surface area (Å²) in [5.74, 6) is 0. The normalized spacial score (nSPS) is 12.3. The lowest BCUT2D eigenvalue weighted by Gasteiger charge is -2.09. The van der Waals surface area contributed by atoms with Crippen LogP contribution in [-0.2, 0) is 12.8 Å². The largest absolute Gasteiger partial charge is 0.0949 e. The highest BCUT2D eigenvalue weighted by molar-refractivity contribution is 5.88. The Hall–Kier alpha value is -3.64. The Bertz CT molecular complexity index is 1210. The molecule has 0 amide bonds. The molecular weight excluding hydrogens is 360 g/mol. The first-order valence-electron chi connectivity index (χ1n) is 10.5. The van der Waals surface area contributed by atoms with Crippen molar-refractivity contribution in [3.8, 4) is 11.1 Å². The van der Waals surface area contributed by atoms with Crippen molar-refractivity contribution in [3.63, 3.8) is 0 Å². The molecule has 0 N–H and O–H groups in total. The molecule has 0 aromatic heterocycles. The van der Waals surface area contributed by atoms with Crippen LogP contribution in [0.1, 0.15) is 27.8 Å². The Labute approximate surface area is 178 Å². The van der Waals surface area contributed by atoms with E-state index in [0.717, 1.165) is 18.4 Å². The van der Waals surface area contributed by atoms with Gasteiger partial charge in [-0.3, -0.25) is 0 Å². The predicted molar refractivity (Wildman–Crippen MR) is 129 cm³/mol. The van der Waals surface area contributed by atoms with Gasteiger partial charge in [0.05, 0.1) is 0 Å². The van der Waals surface area contributed by atoms with Gasteiger partial charge in [-0.1, -0.05) is 116 Å². The summed E-state index contributed by atoms with van der Waals surface area (Å²) in [5.41, 5.74) is 11.6. The van der Waals surface area contributed by atoms with Gasteiger partial charge < -0.3 is 0 Å². The number of hydrogen-bond donors (Lipinski definition) is 0. The molecule has 0 bridgehead atoms. The van der Waals surface area contributed by atoms with Gasteiger partial charge in [0.1, 0.15) is 0 Å². The third-order valence-corrected chi connectivity index (χ3v) is 5.88. The van der Waals surface area contributed by atoms with Crippen molar-refractivity contribution in [2.75, 3.05) is 0 Å². The smallest absolute Gasteiger partial charge is 0.00137 e. The monoisotopic (exact) mass is 384 g/mol. The fourth-order valence-electron chi connectivity index (χ4n) is 4.21. The first-order valence-corrected chi connectivity index (χ1v) is 10.5. The average molecular weight is 385 g/mol. The quantitative estimate of drug-likeness (QED) is 0.330. The molecule has 0 saturated heterocycles. The second-order valence-corrected chi connectivity index (χ2v) is 7.97. The third kappa shape index (κ3) is 3.77. The Kier molecular flexibility index (Phi) is 4.91. The Morgan fingerprint density at radius 2 is 1.30 bits per heavy atom. The van der Waals surface area contributed by atoms with Crippen LogP contribution in [0.5, 0.6) is 0 Å². The van der Waals surface area contributed by atoms with E-state index >= 15 is 0 Å². The van der Waals surface area contributed by atoms with Crippen molar-refractivity contribution in [2.24, 2.45) is 0 Å². The molecule has 144 valence electrons. The van der Waals surface area contributed by atoms with Crippen LogP contribution in [-0.4, -0.2) is 0 Å². The van der Waals surface area contributed by atoms with Crippen LogP contribution in [0.2, 0.25) is 0 Å². The van der Waals surface area contributed by atoms with Crippen molar-refractivity contribution in [3.05, 3.63) is 138 Å². The molecule has 0 heterocycles. The zero-order valence-electron chi connectivity index (χ0n) is 17.0. The molecule has 0 aliphatic heterocycles. The van der Waals surface area contributed by atoms with Crippen LogP contribution >= 0.6 is 0 Å². The summed E-state index contributed by atoms with van der Waals surface area (Å²) in [6, 6.07) is 36.8. The Balaban J connectivity index is 1.32. The SMILES string of the molecule is C=C(Cc1ccc2c(c1)C=C(c1ccccc1)C2)c1ccc(-c2ccccc2)cc1. The molecule has 4 aromatic rings. The van der Waals surface area contributed by atoms with Gasteiger partial charge in [-0.2, -0.15) is 0 Å². The van der Waals surface area contributed by atoms with E-state index < -0.39 is 0 Å². The van der Waals surface area contributed by atoms with E-state index in [1.54, 1.807) is 0 Å². The van der Waals surface area contributed by atoms with E-state index in [9.17, 15) is 0 Å². The first-order chi connectivity index (χ1) is 14.8. The second-order valence-electron chi connectivity index (χ2n) is 7.97. The number of hydrogen-bond acceptors (Lipinski definition) is 0. The van der Waals surface area contributed by atoms with Crippen LogP contribution in [0.25, 0.3) is 28.3 Å². The van der Waals surface area contributed by atoms with Crippen molar-refractivity contribution < 1.29 is 0 Å². The molecule has 0 nitrogen and oxygen atoms in total. The minimum absolute atomic E-state index is 0.868. The van der Waals surface area contributed by atoms with Crippen molar-refractivity contribution in [2.45, 2.75) is 12.8 Å². The third-order valence-electron chi connectivity index (χ3n) is 5.88. The minimum atomic E-state index is 0.868. The molecule has 30 heavy (non-hydrogen) atoms. The van der Waals surface area contributed by atoms with Crippen molar-refractivity contribution >= 4 is 17.2 Å². The van der Waals surface area contributed by atoms with Gasteiger partial charge in [-0.05, 0) is 62.9 Å². The lowest BCUT2D eigenvalue weighted by Crippen LogP contribution is -1.92.